The standard InChI is InChI=1S/C23H34FN7O/c1-3-28-7-11-30(12-8-28)22-5-4-19(16-21(22)24)17-26-23(25-2)31-13-9-29(10-14-31)18-20-6-15-32-27-20/h4-6,15-16H,3,7-14,17-18H2,1-2H3,(H,25,26). The fourth-order valence-corrected chi connectivity index (χ4v) is 4.40. The number of hydrogen-bond donors (Lipinski definition) is 1. The maximum absolute atomic E-state index is 14.8. The van der Waals surface area contributed by atoms with E-state index in [0.29, 0.717) is 12.2 Å². The zero-order valence-corrected chi connectivity index (χ0v) is 19.1. The number of halogens is 1. The Bertz CT molecular complexity index is 872. The Kier molecular flexibility index (Phi) is 7.59. The van der Waals surface area contributed by atoms with E-state index in [1.807, 2.05) is 18.2 Å². The Balaban J connectivity index is 1.26. The van der Waals surface area contributed by atoms with Crippen molar-refractivity contribution in [1.82, 2.24) is 25.2 Å². The van der Waals surface area contributed by atoms with Gasteiger partial charge >= 0.3 is 0 Å². The number of rotatable bonds is 6. The summed E-state index contributed by atoms with van der Waals surface area (Å²) in [4.78, 5) is 13.6. The quantitative estimate of drug-likeness (QED) is 0.540. The smallest absolute Gasteiger partial charge is 0.194 e. The van der Waals surface area contributed by atoms with Gasteiger partial charge in [0.1, 0.15) is 12.1 Å². The van der Waals surface area contributed by atoms with Crippen LogP contribution in [0.15, 0.2) is 40.0 Å². The van der Waals surface area contributed by atoms with Gasteiger partial charge in [-0.1, -0.05) is 18.1 Å². The highest BCUT2D eigenvalue weighted by molar-refractivity contribution is 5.80. The molecule has 0 unspecified atom stereocenters. The van der Waals surface area contributed by atoms with Gasteiger partial charge in [0.25, 0.3) is 0 Å². The zero-order chi connectivity index (χ0) is 22.3. The average molecular weight is 444 g/mol. The molecule has 3 heterocycles. The van der Waals surface area contributed by atoms with Crippen molar-refractivity contribution < 1.29 is 8.91 Å². The summed E-state index contributed by atoms with van der Waals surface area (Å²) in [6, 6.07) is 7.49. The lowest BCUT2D eigenvalue weighted by molar-refractivity contribution is 0.169. The summed E-state index contributed by atoms with van der Waals surface area (Å²) in [5.41, 5.74) is 2.58. The first-order valence-corrected chi connectivity index (χ1v) is 11.5. The monoisotopic (exact) mass is 443 g/mol. The van der Waals surface area contributed by atoms with E-state index in [1.54, 1.807) is 19.4 Å². The van der Waals surface area contributed by atoms with E-state index in [9.17, 15) is 4.39 Å². The van der Waals surface area contributed by atoms with Crippen LogP contribution in [0.4, 0.5) is 10.1 Å². The fourth-order valence-electron chi connectivity index (χ4n) is 4.40. The molecular formula is C23H34FN7O. The number of aromatic nitrogens is 1. The second kappa shape index (κ2) is 10.8. The van der Waals surface area contributed by atoms with Crippen molar-refractivity contribution >= 4 is 11.6 Å². The van der Waals surface area contributed by atoms with Crippen molar-refractivity contribution in [2.45, 2.75) is 20.0 Å². The van der Waals surface area contributed by atoms with Crippen LogP contribution in [0.3, 0.4) is 0 Å². The molecule has 0 atom stereocenters. The summed E-state index contributed by atoms with van der Waals surface area (Å²) in [6.07, 6.45) is 1.61. The maximum atomic E-state index is 14.8. The molecule has 0 saturated carbocycles. The van der Waals surface area contributed by atoms with Gasteiger partial charge in [-0.05, 0) is 24.2 Å². The highest BCUT2D eigenvalue weighted by Gasteiger charge is 2.21. The number of hydrogen-bond acceptors (Lipinski definition) is 6. The number of aliphatic imine (C=N–C) groups is 1. The molecular weight excluding hydrogens is 409 g/mol. The molecule has 1 aromatic carbocycles. The number of nitrogens with one attached hydrogen (secondary N) is 1. The number of benzene rings is 1. The molecule has 0 aliphatic carbocycles. The SMILES string of the molecule is CCN1CCN(c2ccc(CNC(=NC)N3CCN(Cc4ccon4)CC3)cc2F)CC1. The lowest BCUT2D eigenvalue weighted by Crippen LogP contribution is -2.52. The molecule has 1 N–H and O–H groups in total. The van der Waals surface area contributed by atoms with Gasteiger partial charge in [0.15, 0.2) is 5.96 Å². The minimum Gasteiger partial charge on any atom is -0.367 e. The maximum Gasteiger partial charge on any atom is 0.194 e. The third-order valence-electron chi connectivity index (χ3n) is 6.38. The molecule has 4 rings (SSSR count). The van der Waals surface area contributed by atoms with Gasteiger partial charge in [0.2, 0.25) is 0 Å². The summed E-state index contributed by atoms with van der Waals surface area (Å²) < 4.78 is 19.8. The lowest BCUT2D eigenvalue weighted by atomic mass is 10.1. The molecule has 0 bridgehead atoms. The van der Waals surface area contributed by atoms with Gasteiger partial charge < -0.3 is 24.5 Å². The Morgan fingerprint density at radius 3 is 2.44 bits per heavy atom. The predicted molar refractivity (Wildman–Crippen MR) is 124 cm³/mol. The van der Waals surface area contributed by atoms with E-state index < -0.39 is 0 Å². The Hall–Kier alpha value is -2.65. The van der Waals surface area contributed by atoms with E-state index in [0.717, 1.165) is 82.7 Å². The number of nitrogens with zero attached hydrogens (tertiary/aromatic N) is 6. The predicted octanol–water partition coefficient (Wildman–Crippen LogP) is 1.85. The topological polar surface area (TPSA) is 63.4 Å². The fraction of sp³-hybridized carbons (Fsp3) is 0.565. The van der Waals surface area contributed by atoms with Crippen LogP contribution < -0.4 is 10.2 Å². The largest absolute Gasteiger partial charge is 0.367 e. The van der Waals surface area contributed by atoms with Gasteiger partial charge in [0, 0.05) is 78.6 Å². The Labute approximate surface area is 189 Å². The number of guanidine groups is 1. The van der Waals surface area contributed by atoms with Crippen LogP contribution >= 0.6 is 0 Å². The normalized spacial score (nSPS) is 18.9. The van der Waals surface area contributed by atoms with Gasteiger partial charge in [-0.2, -0.15) is 0 Å². The van der Waals surface area contributed by atoms with Crippen LogP contribution in [0.2, 0.25) is 0 Å². The van der Waals surface area contributed by atoms with Crippen LogP contribution in [-0.2, 0) is 13.1 Å². The minimum absolute atomic E-state index is 0.147. The van der Waals surface area contributed by atoms with Crippen LogP contribution in [0.25, 0.3) is 0 Å². The van der Waals surface area contributed by atoms with Crippen LogP contribution in [-0.4, -0.2) is 91.8 Å². The average Bonchev–Trinajstić information content (AvgIpc) is 3.34. The molecule has 0 amide bonds. The van der Waals surface area contributed by atoms with E-state index >= 15 is 0 Å². The molecule has 2 fully saturated rings. The van der Waals surface area contributed by atoms with Crippen molar-refractivity contribution in [2.75, 3.05) is 70.9 Å². The second-order valence-electron chi connectivity index (χ2n) is 8.36. The van der Waals surface area contributed by atoms with E-state index in [-0.39, 0.29) is 5.82 Å². The first-order chi connectivity index (χ1) is 15.7. The van der Waals surface area contributed by atoms with E-state index in [4.69, 9.17) is 4.52 Å². The van der Waals surface area contributed by atoms with Crippen molar-refractivity contribution in [3.05, 3.63) is 47.6 Å². The first-order valence-electron chi connectivity index (χ1n) is 11.5. The van der Waals surface area contributed by atoms with Gasteiger partial charge in [-0.15, -0.1) is 0 Å². The number of anilines is 1. The Morgan fingerprint density at radius 1 is 1.06 bits per heavy atom. The summed E-state index contributed by atoms with van der Waals surface area (Å²) in [5, 5.41) is 7.39. The lowest BCUT2D eigenvalue weighted by Gasteiger charge is -2.36. The highest BCUT2D eigenvalue weighted by Crippen LogP contribution is 2.22. The minimum atomic E-state index is -0.147. The van der Waals surface area contributed by atoms with Crippen molar-refractivity contribution in [2.24, 2.45) is 4.99 Å². The first kappa shape index (κ1) is 22.5. The third-order valence-corrected chi connectivity index (χ3v) is 6.38. The summed E-state index contributed by atoms with van der Waals surface area (Å²) in [7, 11) is 1.80. The molecule has 0 radical (unpaired) electrons. The van der Waals surface area contributed by atoms with Crippen molar-refractivity contribution in [3.8, 4) is 0 Å². The van der Waals surface area contributed by atoms with Crippen LogP contribution in [0.5, 0.6) is 0 Å². The molecule has 0 spiro atoms. The van der Waals surface area contributed by atoms with Crippen molar-refractivity contribution in [1.29, 1.82) is 0 Å². The molecule has 1 aromatic heterocycles. The molecule has 174 valence electrons. The molecule has 32 heavy (non-hydrogen) atoms. The van der Waals surface area contributed by atoms with Crippen LogP contribution in [0, 0.1) is 5.82 Å². The van der Waals surface area contributed by atoms with E-state index in [2.05, 4.69) is 42.0 Å². The summed E-state index contributed by atoms with van der Waals surface area (Å²) in [5.74, 6) is 0.706. The molecule has 2 aromatic rings. The zero-order valence-electron chi connectivity index (χ0n) is 19.1. The molecule has 8 nitrogen and oxygen atoms in total. The third kappa shape index (κ3) is 5.58. The van der Waals surface area contributed by atoms with E-state index in [1.165, 1.54) is 0 Å². The Morgan fingerprint density at radius 2 is 1.81 bits per heavy atom. The second-order valence-corrected chi connectivity index (χ2v) is 8.36. The molecule has 2 aliphatic heterocycles. The highest BCUT2D eigenvalue weighted by atomic mass is 19.1. The van der Waals surface area contributed by atoms with Gasteiger partial charge in [-0.3, -0.25) is 9.89 Å². The number of piperazine rings is 2. The van der Waals surface area contributed by atoms with Gasteiger partial charge in [0.05, 0.1) is 11.4 Å². The van der Waals surface area contributed by atoms with Crippen molar-refractivity contribution in [3.63, 3.8) is 0 Å². The number of likely N-dealkylation sites (N-methyl/N-ethyl adjacent to an activating group) is 1. The van der Waals surface area contributed by atoms with Crippen LogP contribution in [0.1, 0.15) is 18.2 Å². The summed E-state index contributed by atoms with van der Waals surface area (Å²) in [6.45, 7) is 11.9. The summed E-state index contributed by atoms with van der Waals surface area (Å²) >= 11 is 0. The van der Waals surface area contributed by atoms with Gasteiger partial charge in [-0.25, -0.2) is 4.39 Å². The molecule has 2 aliphatic rings. The molecule has 9 heteroatoms. The molecule has 2 saturated heterocycles.